The van der Waals surface area contributed by atoms with Crippen LogP contribution >= 0.6 is 24.0 Å². The summed E-state index contributed by atoms with van der Waals surface area (Å²) in [4.78, 5) is 15.0. The first-order valence-electron chi connectivity index (χ1n) is 5.17. The molecule has 1 aromatic carbocycles. The fraction of sp³-hybridized carbons (Fsp3) is 0.182. The molecule has 0 radical (unpaired) electrons. The van der Waals surface area contributed by atoms with Crippen LogP contribution in [-0.2, 0) is 0 Å². The molecule has 6 nitrogen and oxygen atoms in total. The van der Waals surface area contributed by atoms with Gasteiger partial charge in [-0.05, 0) is 6.07 Å². The van der Waals surface area contributed by atoms with Crippen LogP contribution in [0.15, 0.2) is 34.4 Å². The Morgan fingerprint density at radius 2 is 2.28 bits per heavy atom. The molecule has 0 saturated heterocycles. The highest BCUT2D eigenvalue weighted by Crippen LogP contribution is 2.05. The van der Waals surface area contributed by atoms with E-state index < -0.39 is 5.97 Å². The maximum Gasteiger partial charge on any atom is 0.336 e. The number of nitrogens with one attached hydrogen (secondary N) is 2. The van der Waals surface area contributed by atoms with Crippen molar-refractivity contribution in [2.24, 2.45) is 10.1 Å². The van der Waals surface area contributed by atoms with E-state index in [4.69, 9.17) is 5.11 Å². The fourth-order valence-electron chi connectivity index (χ4n) is 1.44. The van der Waals surface area contributed by atoms with Crippen molar-refractivity contribution in [2.45, 2.75) is 0 Å². The van der Waals surface area contributed by atoms with Crippen molar-refractivity contribution in [1.82, 2.24) is 10.7 Å². The number of guanidine groups is 1. The van der Waals surface area contributed by atoms with E-state index >= 15 is 0 Å². The molecule has 0 spiro atoms. The van der Waals surface area contributed by atoms with E-state index in [0.29, 0.717) is 11.5 Å². The van der Waals surface area contributed by atoms with E-state index in [1.165, 1.54) is 12.3 Å². The lowest BCUT2D eigenvalue weighted by Crippen LogP contribution is -2.30. The highest BCUT2D eigenvalue weighted by Gasteiger charge is 2.07. The van der Waals surface area contributed by atoms with Gasteiger partial charge in [0.05, 0.1) is 18.3 Å². The summed E-state index contributed by atoms with van der Waals surface area (Å²) in [5.74, 6) is -0.363. The summed E-state index contributed by atoms with van der Waals surface area (Å²) in [5.41, 5.74) is 3.48. The molecule has 0 atom stereocenters. The number of hydrazone groups is 1. The Hall–Kier alpha value is -1.64. The molecule has 1 aliphatic rings. The van der Waals surface area contributed by atoms with Crippen LogP contribution in [0.4, 0.5) is 0 Å². The third-order valence-corrected chi connectivity index (χ3v) is 2.24. The number of carboxylic acid groups (broad SMARTS) is 1. The number of hydrogen-bond donors (Lipinski definition) is 3. The Morgan fingerprint density at radius 3 is 2.94 bits per heavy atom. The van der Waals surface area contributed by atoms with Gasteiger partial charge >= 0.3 is 5.97 Å². The van der Waals surface area contributed by atoms with Crippen LogP contribution in [0.25, 0.3) is 0 Å². The molecule has 18 heavy (non-hydrogen) atoms. The number of carboxylic acids is 1. The Bertz CT molecular complexity index is 488. The summed E-state index contributed by atoms with van der Waals surface area (Å²) < 4.78 is 0. The van der Waals surface area contributed by atoms with Gasteiger partial charge in [0.15, 0.2) is 0 Å². The molecule has 0 fully saturated rings. The van der Waals surface area contributed by atoms with Crippen molar-refractivity contribution in [3.63, 3.8) is 0 Å². The highest BCUT2D eigenvalue weighted by atomic mass is 127. The van der Waals surface area contributed by atoms with Crippen LogP contribution in [0, 0.1) is 0 Å². The Labute approximate surface area is 121 Å². The van der Waals surface area contributed by atoms with Crippen LogP contribution in [0.2, 0.25) is 0 Å². The lowest BCUT2D eigenvalue weighted by molar-refractivity contribution is 0.0697. The van der Waals surface area contributed by atoms with E-state index in [1.54, 1.807) is 18.2 Å². The van der Waals surface area contributed by atoms with Gasteiger partial charge in [0.2, 0.25) is 5.96 Å². The standard InChI is InChI=1S/C11H12N4O2.HI/c16-10(17)9-4-2-1-3-8(9)7-14-15-11-12-5-6-13-11;/h1-4,7H,5-6H2,(H,16,17)(H2,12,13,15);1H/b14-7-;. The molecule has 1 heterocycles. The zero-order valence-electron chi connectivity index (χ0n) is 9.46. The van der Waals surface area contributed by atoms with Crippen LogP contribution in [-0.4, -0.2) is 36.3 Å². The Kier molecular flexibility index (Phi) is 5.56. The topological polar surface area (TPSA) is 86.1 Å². The van der Waals surface area contributed by atoms with Gasteiger partial charge in [-0.2, -0.15) is 5.10 Å². The molecule has 0 aliphatic carbocycles. The predicted octanol–water partition coefficient (Wildman–Crippen LogP) is 0.885. The number of aliphatic imine (C=N–C) groups is 1. The molecule has 0 unspecified atom stereocenters. The van der Waals surface area contributed by atoms with E-state index in [0.717, 1.165) is 13.1 Å². The first kappa shape index (κ1) is 14.4. The SMILES string of the molecule is I.O=C(O)c1ccccc1/C=N\NC1=NCCN1. The summed E-state index contributed by atoms with van der Waals surface area (Å²) in [6, 6.07) is 6.67. The summed E-state index contributed by atoms with van der Waals surface area (Å²) >= 11 is 0. The van der Waals surface area contributed by atoms with Crippen LogP contribution in [0.5, 0.6) is 0 Å². The molecule has 7 heteroatoms. The van der Waals surface area contributed by atoms with Gasteiger partial charge < -0.3 is 10.4 Å². The van der Waals surface area contributed by atoms with Gasteiger partial charge in [0.25, 0.3) is 0 Å². The maximum absolute atomic E-state index is 10.9. The van der Waals surface area contributed by atoms with Gasteiger partial charge in [-0.25, -0.2) is 15.2 Å². The fourth-order valence-corrected chi connectivity index (χ4v) is 1.44. The molecule has 0 amide bonds. The minimum atomic E-state index is -0.969. The van der Waals surface area contributed by atoms with Gasteiger partial charge in [0.1, 0.15) is 0 Å². The number of halogens is 1. The average Bonchev–Trinajstić information content (AvgIpc) is 2.82. The number of carbonyl (C=O) groups is 1. The normalized spacial score (nSPS) is 13.7. The summed E-state index contributed by atoms with van der Waals surface area (Å²) in [7, 11) is 0. The molecule has 1 aliphatic heterocycles. The van der Waals surface area contributed by atoms with Gasteiger partial charge in [-0.1, -0.05) is 18.2 Å². The maximum atomic E-state index is 10.9. The molecule has 3 N–H and O–H groups in total. The lowest BCUT2D eigenvalue weighted by Gasteiger charge is -2.01. The third-order valence-electron chi connectivity index (χ3n) is 2.24. The number of nitrogens with zero attached hydrogens (tertiary/aromatic N) is 2. The largest absolute Gasteiger partial charge is 0.478 e. The zero-order chi connectivity index (χ0) is 12.1. The second kappa shape index (κ2) is 6.94. The van der Waals surface area contributed by atoms with Crippen molar-refractivity contribution < 1.29 is 9.90 Å². The monoisotopic (exact) mass is 360 g/mol. The summed E-state index contributed by atoms with van der Waals surface area (Å²) in [6.07, 6.45) is 1.46. The van der Waals surface area contributed by atoms with Crippen molar-refractivity contribution >= 4 is 42.1 Å². The molecule has 0 aromatic heterocycles. The lowest BCUT2D eigenvalue weighted by atomic mass is 10.1. The van der Waals surface area contributed by atoms with Crippen molar-refractivity contribution in [2.75, 3.05) is 13.1 Å². The Morgan fingerprint density at radius 1 is 1.50 bits per heavy atom. The van der Waals surface area contributed by atoms with Crippen molar-refractivity contribution in [3.05, 3.63) is 35.4 Å². The molecule has 0 bridgehead atoms. The zero-order valence-corrected chi connectivity index (χ0v) is 11.8. The second-order valence-electron chi connectivity index (χ2n) is 3.42. The summed E-state index contributed by atoms with van der Waals surface area (Å²) in [6.45, 7) is 1.52. The average molecular weight is 360 g/mol. The number of hydrogen-bond acceptors (Lipinski definition) is 5. The van der Waals surface area contributed by atoms with Crippen molar-refractivity contribution in [3.8, 4) is 0 Å². The predicted molar refractivity (Wildman–Crippen MR) is 79.9 cm³/mol. The second-order valence-corrected chi connectivity index (χ2v) is 3.42. The van der Waals surface area contributed by atoms with Crippen molar-refractivity contribution in [1.29, 1.82) is 0 Å². The van der Waals surface area contributed by atoms with Gasteiger partial charge in [0, 0.05) is 12.1 Å². The summed E-state index contributed by atoms with van der Waals surface area (Å²) in [5, 5.41) is 15.9. The molecular formula is C11H13IN4O2. The first-order chi connectivity index (χ1) is 8.27. The molecule has 2 rings (SSSR count). The number of rotatable bonds is 3. The van der Waals surface area contributed by atoms with E-state index in [9.17, 15) is 4.79 Å². The molecular weight excluding hydrogens is 347 g/mol. The Balaban J connectivity index is 0.00000162. The van der Waals surface area contributed by atoms with E-state index in [2.05, 4.69) is 20.8 Å². The van der Waals surface area contributed by atoms with Crippen LogP contribution in [0.3, 0.4) is 0 Å². The minimum absolute atomic E-state index is 0. The number of benzene rings is 1. The quantitative estimate of drug-likeness (QED) is 0.425. The molecule has 0 saturated carbocycles. The van der Waals surface area contributed by atoms with Gasteiger partial charge in [-0.3, -0.25) is 0 Å². The van der Waals surface area contributed by atoms with Gasteiger partial charge in [-0.15, -0.1) is 24.0 Å². The number of aromatic carboxylic acids is 1. The molecule has 1 aromatic rings. The molecule has 96 valence electrons. The third kappa shape index (κ3) is 3.69. The van der Waals surface area contributed by atoms with Crippen LogP contribution < -0.4 is 10.7 Å². The van der Waals surface area contributed by atoms with E-state index in [1.807, 2.05) is 0 Å². The van der Waals surface area contributed by atoms with Crippen LogP contribution in [0.1, 0.15) is 15.9 Å². The smallest absolute Gasteiger partial charge is 0.336 e. The minimum Gasteiger partial charge on any atom is -0.478 e. The van der Waals surface area contributed by atoms with E-state index in [-0.39, 0.29) is 29.5 Å². The highest BCUT2D eigenvalue weighted by molar-refractivity contribution is 14.0. The first-order valence-corrected chi connectivity index (χ1v) is 5.17.